The quantitative estimate of drug-likeness (QED) is 0.289. The van der Waals surface area contributed by atoms with Gasteiger partial charge < -0.3 is 20.5 Å². The monoisotopic (exact) mass is 489 g/mol. The van der Waals surface area contributed by atoms with Crippen molar-refractivity contribution < 1.29 is 21.9 Å². The molecule has 34 heavy (non-hydrogen) atoms. The van der Waals surface area contributed by atoms with Crippen molar-refractivity contribution in [3.8, 4) is 11.1 Å². The fourth-order valence-electron chi connectivity index (χ4n) is 3.44. The number of rotatable bonds is 4. The van der Waals surface area contributed by atoms with Gasteiger partial charge in [0.05, 0.1) is 11.9 Å². The van der Waals surface area contributed by atoms with Gasteiger partial charge in [-0.1, -0.05) is 54.5 Å². The van der Waals surface area contributed by atoms with E-state index in [-0.39, 0.29) is 11.7 Å². The fraction of sp³-hybridized carbons (Fsp3) is 0.304. The number of aromatic nitrogens is 1. The summed E-state index contributed by atoms with van der Waals surface area (Å²) in [5.41, 5.74) is 9.02. The van der Waals surface area contributed by atoms with E-state index in [4.69, 9.17) is 14.8 Å². The van der Waals surface area contributed by atoms with Crippen molar-refractivity contribution in [3.63, 3.8) is 0 Å². The highest BCUT2D eigenvalue weighted by Gasteiger charge is 2.17. The third-order valence-corrected chi connectivity index (χ3v) is 5.20. The minimum atomic E-state index is -3.67. The standard InChI is InChI=1S/C22H24FN5O.CH4O3S/c1-15(17-7-8-18(19(23)13-17)16-5-3-2-4-6-16)20-14-21(29-27-20)26-22(24)28-11-9-25-10-12-28;1-5(2,3)4/h2-8,13-15,25H,9-12H2,1H3,(H2,24,26);1H3,(H,2,3,4). The molecular weight excluding hydrogens is 461 g/mol. The van der Waals surface area contributed by atoms with Crippen LogP contribution in [0.3, 0.4) is 0 Å². The van der Waals surface area contributed by atoms with Crippen molar-refractivity contribution in [3.05, 3.63) is 71.7 Å². The summed E-state index contributed by atoms with van der Waals surface area (Å²) in [5, 5.41) is 7.38. The lowest BCUT2D eigenvalue weighted by molar-refractivity contribution is 0.352. The number of hydrogen-bond acceptors (Lipinski definition) is 6. The third-order valence-electron chi connectivity index (χ3n) is 5.20. The summed E-state index contributed by atoms with van der Waals surface area (Å²) in [6, 6.07) is 16.5. The second-order valence-electron chi connectivity index (χ2n) is 7.86. The topological polar surface area (TPSA) is 134 Å². The molecule has 1 aliphatic rings. The molecule has 1 saturated heterocycles. The molecule has 4 rings (SSSR count). The average molecular weight is 490 g/mol. The number of nitrogens with one attached hydrogen (secondary N) is 1. The molecule has 3 aromatic rings. The minimum Gasteiger partial charge on any atom is -0.369 e. The Morgan fingerprint density at radius 1 is 1.21 bits per heavy atom. The lowest BCUT2D eigenvalue weighted by atomic mass is 9.95. The van der Waals surface area contributed by atoms with E-state index in [2.05, 4.69) is 15.5 Å². The van der Waals surface area contributed by atoms with E-state index in [1.807, 2.05) is 48.2 Å². The van der Waals surface area contributed by atoms with Gasteiger partial charge in [-0.25, -0.2) is 4.39 Å². The molecule has 0 spiro atoms. The van der Waals surface area contributed by atoms with Crippen molar-refractivity contribution in [2.45, 2.75) is 12.8 Å². The SMILES string of the molecule is CC(c1ccc(-c2ccccc2)c(F)c1)c1cc(/N=C(/N)N2CCNCC2)on1.CS(=O)(=O)O. The van der Waals surface area contributed by atoms with Gasteiger partial charge in [-0.2, -0.15) is 13.4 Å². The van der Waals surface area contributed by atoms with E-state index in [1.54, 1.807) is 18.2 Å². The molecular formula is C23H28FN5O4S. The first-order chi connectivity index (χ1) is 16.1. The second-order valence-corrected chi connectivity index (χ2v) is 9.32. The molecule has 1 aromatic heterocycles. The first kappa shape index (κ1) is 25.3. The third kappa shape index (κ3) is 7.37. The number of benzene rings is 2. The fourth-order valence-corrected chi connectivity index (χ4v) is 3.44. The van der Waals surface area contributed by atoms with Crippen LogP contribution in [0.4, 0.5) is 10.3 Å². The number of nitrogens with two attached hydrogens (primary N) is 1. The predicted molar refractivity (Wildman–Crippen MR) is 129 cm³/mol. The average Bonchev–Trinajstić information content (AvgIpc) is 3.27. The molecule has 0 bridgehead atoms. The molecule has 2 aromatic carbocycles. The van der Waals surface area contributed by atoms with E-state index in [9.17, 15) is 12.8 Å². The van der Waals surface area contributed by atoms with E-state index in [0.717, 1.165) is 37.3 Å². The molecule has 0 amide bonds. The van der Waals surface area contributed by atoms with Crippen molar-refractivity contribution in [1.29, 1.82) is 0 Å². The van der Waals surface area contributed by atoms with Crippen LogP contribution in [-0.2, 0) is 10.1 Å². The smallest absolute Gasteiger partial charge is 0.261 e. The Labute approximate surface area is 198 Å². The zero-order chi connectivity index (χ0) is 24.7. The number of nitrogens with zero attached hydrogens (tertiary/aromatic N) is 3. The molecule has 4 N–H and O–H groups in total. The van der Waals surface area contributed by atoms with Gasteiger partial charge in [-0.15, -0.1) is 0 Å². The van der Waals surface area contributed by atoms with Crippen molar-refractivity contribution in [2.24, 2.45) is 10.7 Å². The van der Waals surface area contributed by atoms with Crippen LogP contribution in [0.25, 0.3) is 11.1 Å². The molecule has 0 saturated carbocycles. The lowest BCUT2D eigenvalue weighted by Crippen LogP contribution is -2.49. The highest BCUT2D eigenvalue weighted by atomic mass is 32.2. The van der Waals surface area contributed by atoms with Crippen molar-refractivity contribution >= 4 is 22.0 Å². The summed E-state index contributed by atoms with van der Waals surface area (Å²) in [6.07, 6.45) is 0.715. The normalized spacial score (nSPS) is 15.4. The second kappa shape index (κ2) is 11.2. The summed E-state index contributed by atoms with van der Waals surface area (Å²) < 4.78 is 45.9. The van der Waals surface area contributed by atoms with Crippen molar-refractivity contribution in [1.82, 2.24) is 15.4 Å². The molecule has 9 nitrogen and oxygen atoms in total. The maximum Gasteiger partial charge on any atom is 0.261 e. The highest BCUT2D eigenvalue weighted by molar-refractivity contribution is 7.85. The van der Waals surface area contributed by atoms with Gasteiger partial charge in [0.15, 0.2) is 5.96 Å². The number of halogens is 1. The lowest BCUT2D eigenvalue weighted by Gasteiger charge is -2.27. The maximum absolute atomic E-state index is 14.7. The molecule has 1 aliphatic heterocycles. The van der Waals surface area contributed by atoms with Crippen LogP contribution in [0.1, 0.15) is 24.1 Å². The van der Waals surface area contributed by atoms with E-state index >= 15 is 0 Å². The van der Waals surface area contributed by atoms with Crippen LogP contribution < -0.4 is 11.1 Å². The number of hydrogen-bond donors (Lipinski definition) is 3. The van der Waals surface area contributed by atoms with Crippen LogP contribution in [0, 0.1) is 5.82 Å². The molecule has 0 aliphatic carbocycles. The van der Waals surface area contributed by atoms with Gasteiger partial charge >= 0.3 is 0 Å². The van der Waals surface area contributed by atoms with E-state index in [1.165, 1.54) is 0 Å². The minimum absolute atomic E-state index is 0.137. The van der Waals surface area contributed by atoms with Crippen molar-refractivity contribution in [2.75, 3.05) is 32.4 Å². The summed E-state index contributed by atoms with van der Waals surface area (Å²) >= 11 is 0. The zero-order valence-corrected chi connectivity index (χ0v) is 19.8. The molecule has 2 heterocycles. The van der Waals surface area contributed by atoms with Crippen LogP contribution in [0.2, 0.25) is 0 Å². The largest absolute Gasteiger partial charge is 0.369 e. The Morgan fingerprint density at radius 3 is 2.47 bits per heavy atom. The first-order valence-electron chi connectivity index (χ1n) is 10.7. The number of aliphatic imine (C=N–C) groups is 1. The molecule has 11 heteroatoms. The summed E-state index contributed by atoms with van der Waals surface area (Å²) in [6.45, 7) is 5.32. The Kier molecular flexibility index (Phi) is 8.37. The van der Waals surface area contributed by atoms with Crippen LogP contribution >= 0.6 is 0 Å². The van der Waals surface area contributed by atoms with Gasteiger partial charge in [0, 0.05) is 43.7 Å². The predicted octanol–water partition coefficient (Wildman–Crippen LogP) is 2.99. The van der Waals surface area contributed by atoms with Crippen LogP contribution in [0.5, 0.6) is 0 Å². The Morgan fingerprint density at radius 2 is 1.85 bits per heavy atom. The molecule has 1 atom stereocenters. The van der Waals surface area contributed by atoms with Gasteiger partial charge in [-0.05, 0) is 17.2 Å². The number of guanidine groups is 1. The molecule has 182 valence electrons. The summed E-state index contributed by atoms with van der Waals surface area (Å²) in [7, 11) is -3.67. The first-order valence-corrected chi connectivity index (χ1v) is 12.5. The van der Waals surface area contributed by atoms with Gasteiger partial charge in [0.1, 0.15) is 5.82 Å². The van der Waals surface area contributed by atoms with Crippen LogP contribution in [-0.4, -0.2) is 61.4 Å². The summed E-state index contributed by atoms with van der Waals surface area (Å²) in [5.74, 6) is 0.372. The number of piperazine rings is 1. The van der Waals surface area contributed by atoms with Gasteiger partial charge in [0.25, 0.3) is 16.0 Å². The molecule has 0 radical (unpaired) electrons. The Hall–Kier alpha value is -3.28. The molecule has 1 fully saturated rings. The highest BCUT2D eigenvalue weighted by Crippen LogP contribution is 2.30. The zero-order valence-electron chi connectivity index (χ0n) is 19.0. The summed E-state index contributed by atoms with van der Waals surface area (Å²) in [4.78, 5) is 6.34. The van der Waals surface area contributed by atoms with E-state index < -0.39 is 10.1 Å². The van der Waals surface area contributed by atoms with Gasteiger partial charge in [-0.3, -0.25) is 4.55 Å². The van der Waals surface area contributed by atoms with Gasteiger partial charge in [0.2, 0.25) is 0 Å². The maximum atomic E-state index is 14.7. The van der Waals surface area contributed by atoms with E-state index in [0.29, 0.717) is 29.4 Å². The Bertz CT molecular complexity index is 1220. The molecule has 1 unspecified atom stereocenters. The Balaban J connectivity index is 0.000000588. The van der Waals surface area contributed by atoms with Crippen LogP contribution in [0.15, 0.2) is 64.1 Å².